The average Bonchev–Trinajstić information content (AvgIpc) is 2.70. The molecular formula is C13H14Br2N2S. The fourth-order valence-electron chi connectivity index (χ4n) is 1.71. The highest BCUT2D eigenvalue weighted by atomic mass is 79.9. The van der Waals surface area contributed by atoms with Crippen molar-refractivity contribution in [3.05, 3.63) is 42.7 Å². The highest BCUT2D eigenvalue weighted by Gasteiger charge is 2.13. The smallest absolute Gasteiger partial charge is 0.0898 e. The van der Waals surface area contributed by atoms with Crippen LogP contribution >= 0.6 is 43.2 Å². The Kier molecular flexibility index (Phi) is 4.45. The summed E-state index contributed by atoms with van der Waals surface area (Å²) in [6, 6.07) is 4.39. The summed E-state index contributed by atoms with van der Waals surface area (Å²) in [4.78, 5) is 4.51. The van der Waals surface area contributed by atoms with Crippen molar-refractivity contribution in [2.24, 2.45) is 0 Å². The molecule has 0 saturated heterocycles. The number of halogens is 2. The molecule has 0 aliphatic heterocycles. The number of nitrogens with zero attached hydrogens (tertiary/aromatic N) is 1. The molecule has 0 aliphatic rings. The molecule has 0 aliphatic carbocycles. The highest BCUT2D eigenvalue weighted by Crippen LogP contribution is 2.34. The molecule has 1 unspecified atom stereocenters. The van der Waals surface area contributed by atoms with Gasteiger partial charge in [0.15, 0.2) is 0 Å². The summed E-state index contributed by atoms with van der Waals surface area (Å²) < 4.78 is 2.13. The Morgan fingerprint density at radius 2 is 1.83 bits per heavy atom. The molecule has 1 aromatic carbocycles. The number of aromatic nitrogens is 1. The fraction of sp³-hybridized carbons (Fsp3) is 0.308. The van der Waals surface area contributed by atoms with Gasteiger partial charge in [-0.05, 0) is 70.3 Å². The molecule has 5 heteroatoms. The Balaban J connectivity index is 2.24. The molecule has 0 saturated carbocycles. The molecule has 96 valence electrons. The van der Waals surface area contributed by atoms with Crippen LogP contribution in [0.15, 0.2) is 26.5 Å². The summed E-state index contributed by atoms with van der Waals surface area (Å²) in [5, 5.41) is 6.68. The number of benzene rings is 1. The zero-order chi connectivity index (χ0) is 13.3. The second kappa shape index (κ2) is 5.72. The van der Waals surface area contributed by atoms with Gasteiger partial charge in [0.1, 0.15) is 0 Å². The third-order valence-electron chi connectivity index (χ3n) is 2.63. The quantitative estimate of drug-likeness (QED) is 0.753. The molecule has 2 rings (SSSR count). The molecule has 0 spiro atoms. The number of hydrogen-bond donors (Lipinski definition) is 1. The molecule has 1 heterocycles. The van der Waals surface area contributed by atoms with Crippen LogP contribution in [0, 0.1) is 13.8 Å². The van der Waals surface area contributed by atoms with Gasteiger partial charge in [0.25, 0.3) is 0 Å². The Morgan fingerprint density at radius 3 is 2.33 bits per heavy atom. The van der Waals surface area contributed by atoms with Gasteiger partial charge in [0.05, 0.1) is 22.4 Å². The number of thiazole rings is 1. The number of rotatable bonds is 3. The van der Waals surface area contributed by atoms with E-state index in [-0.39, 0.29) is 6.04 Å². The Bertz CT molecular complexity index is 543. The summed E-state index contributed by atoms with van der Waals surface area (Å²) in [6.07, 6.45) is 0. The predicted molar refractivity (Wildman–Crippen MR) is 85.5 cm³/mol. The van der Waals surface area contributed by atoms with Crippen LogP contribution in [0.5, 0.6) is 0 Å². The van der Waals surface area contributed by atoms with Gasteiger partial charge in [0, 0.05) is 14.3 Å². The van der Waals surface area contributed by atoms with E-state index in [9.17, 15) is 0 Å². The van der Waals surface area contributed by atoms with Crippen LogP contribution in [0.25, 0.3) is 0 Å². The maximum atomic E-state index is 4.51. The summed E-state index contributed by atoms with van der Waals surface area (Å²) >= 11 is 8.87. The van der Waals surface area contributed by atoms with Crippen LogP contribution < -0.4 is 5.32 Å². The predicted octanol–water partition coefficient (Wildman–Crippen LogP) is 5.46. The third-order valence-corrected chi connectivity index (χ3v) is 4.67. The van der Waals surface area contributed by atoms with E-state index in [1.807, 2.05) is 6.92 Å². The van der Waals surface area contributed by atoms with E-state index in [2.05, 4.69) is 73.5 Å². The van der Waals surface area contributed by atoms with Gasteiger partial charge in [0.2, 0.25) is 0 Å². The van der Waals surface area contributed by atoms with Gasteiger partial charge in [-0.3, -0.25) is 0 Å². The lowest BCUT2D eigenvalue weighted by Crippen LogP contribution is -2.08. The topological polar surface area (TPSA) is 24.9 Å². The van der Waals surface area contributed by atoms with Crippen molar-refractivity contribution in [2.75, 3.05) is 5.32 Å². The minimum atomic E-state index is 0.185. The van der Waals surface area contributed by atoms with Crippen molar-refractivity contribution in [1.82, 2.24) is 4.98 Å². The molecule has 2 aromatic rings. The van der Waals surface area contributed by atoms with Gasteiger partial charge in [-0.1, -0.05) is 0 Å². The van der Waals surface area contributed by atoms with Crippen LogP contribution in [-0.2, 0) is 0 Å². The van der Waals surface area contributed by atoms with Gasteiger partial charge < -0.3 is 5.32 Å². The van der Waals surface area contributed by atoms with Crippen molar-refractivity contribution in [3.8, 4) is 0 Å². The molecule has 0 radical (unpaired) electrons. The molecule has 1 aromatic heterocycles. The average molecular weight is 390 g/mol. The molecular weight excluding hydrogens is 376 g/mol. The lowest BCUT2D eigenvalue weighted by atomic mass is 10.2. The molecule has 0 bridgehead atoms. The van der Waals surface area contributed by atoms with Crippen LogP contribution in [0.1, 0.15) is 29.2 Å². The van der Waals surface area contributed by atoms with E-state index >= 15 is 0 Å². The van der Waals surface area contributed by atoms with E-state index in [1.54, 1.807) is 11.3 Å². The molecule has 1 atom stereocenters. The lowest BCUT2D eigenvalue weighted by Gasteiger charge is -2.16. The number of nitrogens with one attached hydrogen (secondary N) is 1. The second-order valence-electron chi connectivity index (χ2n) is 4.26. The maximum absolute atomic E-state index is 4.51. The van der Waals surface area contributed by atoms with Crippen molar-refractivity contribution < 1.29 is 0 Å². The van der Waals surface area contributed by atoms with Crippen LogP contribution in [0.4, 0.5) is 5.69 Å². The first kappa shape index (κ1) is 14.0. The molecule has 0 amide bonds. The molecule has 0 fully saturated rings. The number of anilines is 1. The Labute approximate surface area is 128 Å². The minimum Gasteiger partial charge on any atom is -0.375 e. The third kappa shape index (κ3) is 3.13. The van der Waals surface area contributed by atoms with Crippen LogP contribution in [-0.4, -0.2) is 4.98 Å². The van der Waals surface area contributed by atoms with Crippen molar-refractivity contribution in [2.45, 2.75) is 26.8 Å². The Morgan fingerprint density at radius 1 is 1.22 bits per heavy atom. The summed E-state index contributed by atoms with van der Waals surface area (Å²) in [6.45, 7) is 6.22. The largest absolute Gasteiger partial charge is 0.375 e. The summed E-state index contributed by atoms with van der Waals surface area (Å²) in [5.74, 6) is 0. The van der Waals surface area contributed by atoms with Crippen LogP contribution in [0.2, 0.25) is 0 Å². The van der Waals surface area contributed by atoms with Gasteiger partial charge in [-0.15, -0.1) is 11.3 Å². The molecule has 1 N–H and O–H groups in total. The van der Waals surface area contributed by atoms with E-state index in [1.165, 1.54) is 5.56 Å². The highest BCUT2D eigenvalue weighted by molar-refractivity contribution is 9.11. The van der Waals surface area contributed by atoms with Gasteiger partial charge >= 0.3 is 0 Å². The van der Waals surface area contributed by atoms with E-state index < -0.39 is 0 Å². The van der Waals surface area contributed by atoms with Gasteiger partial charge in [-0.2, -0.15) is 0 Å². The number of hydrogen-bond acceptors (Lipinski definition) is 3. The standard InChI is InChI=1S/C13H14Br2N2S/c1-7-4-10(14)13(11(15)5-7)16-8(2)12-6-18-9(3)17-12/h4-6,8,16H,1-3H3. The SMILES string of the molecule is Cc1cc(Br)c(NC(C)c2csc(C)n2)c(Br)c1. The maximum Gasteiger partial charge on any atom is 0.0898 e. The first-order chi connectivity index (χ1) is 8.47. The normalized spacial score (nSPS) is 12.5. The zero-order valence-corrected chi connectivity index (χ0v) is 14.4. The monoisotopic (exact) mass is 388 g/mol. The Hall–Kier alpha value is -0.390. The molecule has 18 heavy (non-hydrogen) atoms. The molecule has 2 nitrogen and oxygen atoms in total. The van der Waals surface area contributed by atoms with Gasteiger partial charge in [-0.25, -0.2) is 4.98 Å². The summed E-state index contributed by atoms with van der Waals surface area (Å²) in [5.41, 5.74) is 3.37. The van der Waals surface area contributed by atoms with Crippen molar-refractivity contribution in [1.29, 1.82) is 0 Å². The first-order valence-electron chi connectivity index (χ1n) is 5.61. The first-order valence-corrected chi connectivity index (χ1v) is 8.08. The van der Waals surface area contributed by atoms with Crippen molar-refractivity contribution >= 4 is 48.9 Å². The van der Waals surface area contributed by atoms with Crippen LogP contribution in [0.3, 0.4) is 0 Å². The zero-order valence-electron chi connectivity index (χ0n) is 10.4. The van der Waals surface area contributed by atoms with E-state index in [0.717, 1.165) is 25.3 Å². The lowest BCUT2D eigenvalue weighted by molar-refractivity contribution is 0.843. The number of aryl methyl sites for hydroxylation is 2. The van der Waals surface area contributed by atoms with Crippen molar-refractivity contribution in [3.63, 3.8) is 0 Å². The van der Waals surface area contributed by atoms with E-state index in [4.69, 9.17) is 0 Å². The summed E-state index contributed by atoms with van der Waals surface area (Å²) in [7, 11) is 0. The fourth-order valence-corrected chi connectivity index (χ4v) is 4.06. The van der Waals surface area contributed by atoms with E-state index in [0.29, 0.717) is 0 Å². The minimum absolute atomic E-state index is 0.185. The second-order valence-corrected chi connectivity index (χ2v) is 7.03.